The first kappa shape index (κ1) is 15.2. The molecule has 1 aromatic heterocycles. The van der Waals surface area contributed by atoms with Gasteiger partial charge in [-0.3, -0.25) is 9.48 Å². The zero-order valence-electron chi connectivity index (χ0n) is 14.6. The number of carbonyl (C=O) groups excluding carboxylic acids is 1. The van der Waals surface area contributed by atoms with Gasteiger partial charge in [0.25, 0.3) is 0 Å². The highest BCUT2D eigenvalue weighted by molar-refractivity contribution is 5.83. The Bertz CT molecular complexity index is 629. The first-order valence-electron chi connectivity index (χ1n) is 9.05. The van der Waals surface area contributed by atoms with Crippen LogP contribution in [0.4, 0.5) is 0 Å². The molecular formula is C18H28N4O. The first-order valence-corrected chi connectivity index (χ1v) is 9.05. The lowest BCUT2D eigenvalue weighted by molar-refractivity contribution is -0.134. The number of hydrogen-bond donors (Lipinski definition) is 1. The molecule has 3 aliphatic rings. The van der Waals surface area contributed by atoms with E-state index in [2.05, 4.69) is 29.2 Å². The second-order valence-corrected chi connectivity index (χ2v) is 7.77. The van der Waals surface area contributed by atoms with E-state index >= 15 is 0 Å². The van der Waals surface area contributed by atoms with Crippen LogP contribution < -0.4 is 5.32 Å². The zero-order valence-corrected chi connectivity index (χ0v) is 14.6. The van der Waals surface area contributed by atoms with Crippen LogP contribution in [0, 0.1) is 25.2 Å². The van der Waals surface area contributed by atoms with Crippen molar-refractivity contribution in [3.05, 3.63) is 17.0 Å². The molecule has 1 aromatic rings. The molecule has 2 aliphatic heterocycles. The molecule has 2 atom stereocenters. The van der Waals surface area contributed by atoms with E-state index in [0.29, 0.717) is 11.3 Å². The lowest BCUT2D eigenvalue weighted by atomic mass is 9.91. The molecule has 4 rings (SSSR count). The third kappa shape index (κ3) is 2.32. The van der Waals surface area contributed by atoms with Gasteiger partial charge >= 0.3 is 0 Å². The van der Waals surface area contributed by atoms with Crippen molar-refractivity contribution in [2.45, 2.75) is 52.0 Å². The van der Waals surface area contributed by atoms with Crippen LogP contribution in [0.25, 0.3) is 0 Å². The van der Waals surface area contributed by atoms with Gasteiger partial charge in [-0.15, -0.1) is 0 Å². The molecule has 0 bridgehead atoms. The lowest BCUT2D eigenvalue weighted by Crippen LogP contribution is -2.36. The van der Waals surface area contributed by atoms with Crippen molar-refractivity contribution in [2.75, 3.05) is 19.6 Å². The Morgan fingerprint density at radius 2 is 2.04 bits per heavy atom. The summed E-state index contributed by atoms with van der Waals surface area (Å²) in [5.74, 6) is 0.694. The standard InChI is InChI=1S/C18H28N4O/c1-12-16(13(2)21(3)20-12)15-5-4-10-22(15)17(23)14-11-18(14)6-8-19-9-7-18/h14-15,19H,4-11H2,1-3H3. The fourth-order valence-corrected chi connectivity index (χ4v) is 4.98. The quantitative estimate of drug-likeness (QED) is 0.909. The zero-order chi connectivity index (χ0) is 16.2. The van der Waals surface area contributed by atoms with E-state index in [9.17, 15) is 4.79 Å². The first-order chi connectivity index (χ1) is 11.0. The number of likely N-dealkylation sites (tertiary alicyclic amines) is 1. The van der Waals surface area contributed by atoms with Crippen LogP contribution in [0.3, 0.4) is 0 Å². The number of nitrogens with zero attached hydrogens (tertiary/aromatic N) is 3. The number of aryl methyl sites for hydroxylation is 2. The predicted octanol–water partition coefficient (Wildman–Crippen LogP) is 2.09. The monoisotopic (exact) mass is 316 g/mol. The van der Waals surface area contributed by atoms with Gasteiger partial charge in [-0.05, 0) is 64.5 Å². The average Bonchev–Trinajstić information content (AvgIpc) is 2.90. The Labute approximate surface area is 138 Å². The van der Waals surface area contributed by atoms with Crippen LogP contribution >= 0.6 is 0 Å². The van der Waals surface area contributed by atoms with Gasteiger partial charge in [0, 0.05) is 30.8 Å². The second-order valence-electron chi connectivity index (χ2n) is 7.77. The summed E-state index contributed by atoms with van der Waals surface area (Å²) in [4.78, 5) is 15.4. The molecule has 1 aliphatic carbocycles. The van der Waals surface area contributed by atoms with Gasteiger partial charge in [0.05, 0.1) is 11.7 Å². The second kappa shape index (κ2) is 5.33. The van der Waals surface area contributed by atoms with E-state index in [1.165, 1.54) is 24.1 Å². The normalized spacial score (nSPS) is 29.3. The average molecular weight is 316 g/mol. The maximum atomic E-state index is 13.2. The number of nitrogens with one attached hydrogen (secondary N) is 1. The maximum Gasteiger partial charge on any atom is 0.226 e. The van der Waals surface area contributed by atoms with E-state index in [1.54, 1.807) is 0 Å². The fourth-order valence-electron chi connectivity index (χ4n) is 4.98. The topological polar surface area (TPSA) is 50.2 Å². The van der Waals surface area contributed by atoms with Gasteiger partial charge in [0.2, 0.25) is 5.91 Å². The van der Waals surface area contributed by atoms with Crippen LogP contribution in [0.2, 0.25) is 0 Å². The third-order valence-corrected chi connectivity index (χ3v) is 6.52. The molecule has 0 aromatic carbocycles. The van der Waals surface area contributed by atoms with Crippen molar-refractivity contribution >= 4 is 5.91 Å². The van der Waals surface area contributed by atoms with Crippen LogP contribution in [-0.2, 0) is 11.8 Å². The molecule has 5 nitrogen and oxygen atoms in total. The van der Waals surface area contributed by atoms with Crippen molar-refractivity contribution in [1.29, 1.82) is 0 Å². The molecule has 126 valence electrons. The molecule has 0 radical (unpaired) electrons. The van der Waals surface area contributed by atoms with Gasteiger partial charge in [-0.25, -0.2) is 0 Å². The molecule has 3 heterocycles. The van der Waals surface area contributed by atoms with Gasteiger partial charge in [0.1, 0.15) is 0 Å². The number of carbonyl (C=O) groups is 1. The summed E-state index contributed by atoms with van der Waals surface area (Å²) in [6.07, 6.45) is 5.66. The summed E-state index contributed by atoms with van der Waals surface area (Å²) in [6.45, 7) is 7.28. The number of hydrogen-bond acceptors (Lipinski definition) is 3. The van der Waals surface area contributed by atoms with Crippen molar-refractivity contribution in [3.8, 4) is 0 Å². The van der Waals surface area contributed by atoms with Gasteiger partial charge in [-0.1, -0.05) is 0 Å². The Morgan fingerprint density at radius 1 is 1.30 bits per heavy atom. The number of aromatic nitrogens is 2. The van der Waals surface area contributed by atoms with Crippen molar-refractivity contribution in [3.63, 3.8) is 0 Å². The number of rotatable bonds is 2. The SMILES string of the molecule is Cc1nn(C)c(C)c1C1CCCN1C(=O)C1CC12CCNCC2. The summed E-state index contributed by atoms with van der Waals surface area (Å²) < 4.78 is 1.96. The Hall–Kier alpha value is -1.36. The van der Waals surface area contributed by atoms with E-state index in [0.717, 1.165) is 44.6 Å². The minimum Gasteiger partial charge on any atom is -0.335 e. The fraction of sp³-hybridized carbons (Fsp3) is 0.778. The maximum absolute atomic E-state index is 13.2. The molecule has 5 heteroatoms. The molecular weight excluding hydrogens is 288 g/mol. The Balaban J connectivity index is 1.55. The van der Waals surface area contributed by atoms with Crippen molar-refractivity contribution in [1.82, 2.24) is 20.0 Å². The van der Waals surface area contributed by atoms with Crippen LogP contribution in [0.15, 0.2) is 0 Å². The highest BCUT2D eigenvalue weighted by Crippen LogP contribution is 2.60. The smallest absolute Gasteiger partial charge is 0.226 e. The van der Waals surface area contributed by atoms with E-state index < -0.39 is 0 Å². The van der Waals surface area contributed by atoms with Crippen LogP contribution in [0.5, 0.6) is 0 Å². The van der Waals surface area contributed by atoms with Crippen LogP contribution in [-0.4, -0.2) is 40.2 Å². The summed E-state index contributed by atoms with van der Waals surface area (Å²) in [5.41, 5.74) is 3.91. The highest BCUT2D eigenvalue weighted by Gasteiger charge is 2.59. The molecule has 2 unspecified atom stereocenters. The minimum atomic E-state index is 0.246. The van der Waals surface area contributed by atoms with Crippen molar-refractivity contribution in [2.24, 2.45) is 18.4 Å². The molecule has 3 fully saturated rings. The molecule has 2 saturated heterocycles. The summed E-state index contributed by atoms with van der Waals surface area (Å²) >= 11 is 0. The third-order valence-electron chi connectivity index (χ3n) is 6.52. The summed E-state index contributed by atoms with van der Waals surface area (Å²) in [7, 11) is 2.00. The van der Waals surface area contributed by atoms with Crippen LogP contribution in [0.1, 0.15) is 55.1 Å². The molecule has 23 heavy (non-hydrogen) atoms. The minimum absolute atomic E-state index is 0.246. The lowest BCUT2D eigenvalue weighted by Gasteiger charge is -2.28. The Kier molecular flexibility index (Phi) is 3.52. The largest absolute Gasteiger partial charge is 0.335 e. The molecule has 1 spiro atoms. The van der Waals surface area contributed by atoms with Crippen molar-refractivity contribution < 1.29 is 4.79 Å². The molecule has 1 N–H and O–H groups in total. The van der Waals surface area contributed by atoms with Gasteiger partial charge in [-0.2, -0.15) is 5.10 Å². The molecule has 1 saturated carbocycles. The molecule has 1 amide bonds. The predicted molar refractivity (Wildman–Crippen MR) is 89.0 cm³/mol. The summed E-state index contributed by atoms with van der Waals surface area (Å²) in [5, 5.41) is 7.99. The number of piperidine rings is 1. The summed E-state index contributed by atoms with van der Waals surface area (Å²) in [6, 6.07) is 0.246. The van der Waals surface area contributed by atoms with E-state index in [1.807, 2.05) is 11.7 Å². The van der Waals surface area contributed by atoms with E-state index in [4.69, 9.17) is 0 Å². The number of amides is 1. The van der Waals surface area contributed by atoms with Gasteiger partial charge < -0.3 is 10.2 Å². The highest BCUT2D eigenvalue weighted by atomic mass is 16.2. The Morgan fingerprint density at radius 3 is 2.70 bits per heavy atom. The van der Waals surface area contributed by atoms with E-state index in [-0.39, 0.29) is 12.0 Å². The van der Waals surface area contributed by atoms with Gasteiger partial charge in [0.15, 0.2) is 0 Å².